The Hall–Kier alpha value is -0.190. The maximum absolute atomic E-state index is 4.19. The molecule has 0 aromatic carbocycles. The third-order valence-electron chi connectivity index (χ3n) is 2.44. The van der Waals surface area contributed by atoms with Crippen LogP contribution in [0.1, 0.15) is 39.2 Å². The minimum Gasteiger partial charge on any atom is -0.231 e. The second-order valence-electron chi connectivity index (χ2n) is 4.37. The summed E-state index contributed by atoms with van der Waals surface area (Å²) in [5.74, 6) is 0.490. The van der Waals surface area contributed by atoms with Gasteiger partial charge in [-0.2, -0.15) is 0 Å². The van der Waals surface area contributed by atoms with Crippen molar-refractivity contribution in [3.8, 4) is 0 Å². The molecule has 0 saturated carbocycles. The molecule has 0 spiro atoms. The van der Waals surface area contributed by atoms with E-state index in [0.29, 0.717) is 5.92 Å². The molecule has 0 amide bonds. The van der Waals surface area contributed by atoms with Crippen LogP contribution in [0.4, 0.5) is 0 Å². The lowest BCUT2D eigenvalue weighted by molar-refractivity contribution is 0.338. The van der Waals surface area contributed by atoms with Gasteiger partial charge < -0.3 is 0 Å². The van der Waals surface area contributed by atoms with Gasteiger partial charge >= 0.3 is 0 Å². The van der Waals surface area contributed by atoms with Crippen molar-refractivity contribution in [2.24, 2.45) is 5.41 Å². The molecule has 1 aromatic rings. The second kappa shape index (κ2) is 3.90. The standard InChI is InChI=1S/C10H15IN2/c1-7(10(2,3)4)8-5-12-9(11)13-6-8/h5-7H,1-4H3. The first-order chi connectivity index (χ1) is 5.91. The zero-order valence-corrected chi connectivity index (χ0v) is 10.7. The fourth-order valence-corrected chi connectivity index (χ4v) is 1.32. The zero-order valence-electron chi connectivity index (χ0n) is 8.50. The minimum atomic E-state index is 0.274. The highest BCUT2D eigenvalue weighted by Gasteiger charge is 2.21. The quantitative estimate of drug-likeness (QED) is 0.586. The fourth-order valence-electron chi connectivity index (χ4n) is 1.05. The van der Waals surface area contributed by atoms with Gasteiger partial charge in [0.2, 0.25) is 0 Å². The summed E-state index contributed by atoms with van der Waals surface area (Å²) < 4.78 is 0.808. The maximum Gasteiger partial charge on any atom is 0.190 e. The molecule has 0 aliphatic heterocycles. The van der Waals surface area contributed by atoms with E-state index < -0.39 is 0 Å². The Labute approximate surface area is 93.3 Å². The molecule has 0 aliphatic carbocycles. The number of aromatic nitrogens is 2. The van der Waals surface area contributed by atoms with E-state index in [2.05, 4.69) is 60.3 Å². The summed E-state index contributed by atoms with van der Waals surface area (Å²) in [6.07, 6.45) is 3.84. The molecule has 1 atom stereocenters. The third kappa shape index (κ3) is 2.90. The van der Waals surface area contributed by atoms with E-state index >= 15 is 0 Å². The summed E-state index contributed by atoms with van der Waals surface area (Å²) in [6.45, 7) is 8.91. The van der Waals surface area contributed by atoms with E-state index in [9.17, 15) is 0 Å². The van der Waals surface area contributed by atoms with E-state index in [1.165, 1.54) is 5.56 Å². The van der Waals surface area contributed by atoms with Gasteiger partial charge in [0.15, 0.2) is 3.83 Å². The highest BCUT2D eigenvalue weighted by atomic mass is 127. The van der Waals surface area contributed by atoms with Gasteiger partial charge in [-0.15, -0.1) is 0 Å². The zero-order chi connectivity index (χ0) is 10.1. The molecule has 0 aliphatic rings. The molecule has 1 heterocycles. The van der Waals surface area contributed by atoms with E-state index in [1.807, 2.05) is 12.4 Å². The smallest absolute Gasteiger partial charge is 0.190 e. The van der Waals surface area contributed by atoms with Crippen LogP contribution in [0.25, 0.3) is 0 Å². The molecule has 2 nitrogen and oxygen atoms in total. The molecule has 72 valence electrons. The van der Waals surface area contributed by atoms with Crippen molar-refractivity contribution in [2.75, 3.05) is 0 Å². The lowest BCUT2D eigenvalue weighted by Gasteiger charge is -2.26. The monoisotopic (exact) mass is 290 g/mol. The molecule has 0 saturated heterocycles. The van der Waals surface area contributed by atoms with E-state index in [0.717, 1.165) is 3.83 Å². The number of halogens is 1. The Morgan fingerprint density at radius 1 is 1.23 bits per heavy atom. The first kappa shape index (κ1) is 10.9. The van der Waals surface area contributed by atoms with Crippen molar-refractivity contribution in [1.82, 2.24) is 9.97 Å². The Bertz CT molecular complexity index is 274. The van der Waals surface area contributed by atoms with Gasteiger partial charge in [0, 0.05) is 35.0 Å². The van der Waals surface area contributed by atoms with Gasteiger partial charge in [0.1, 0.15) is 0 Å². The average Bonchev–Trinajstić information content (AvgIpc) is 2.03. The molecule has 0 bridgehead atoms. The second-order valence-corrected chi connectivity index (χ2v) is 5.34. The lowest BCUT2D eigenvalue weighted by Crippen LogP contribution is -2.15. The fraction of sp³-hybridized carbons (Fsp3) is 0.600. The van der Waals surface area contributed by atoms with Crippen molar-refractivity contribution < 1.29 is 0 Å². The topological polar surface area (TPSA) is 25.8 Å². The first-order valence-corrected chi connectivity index (χ1v) is 5.46. The predicted molar refractivity (Wildman–Crippen MR) is 62.6 cm³/mol. The molecule has 1 aromatic heterocycles. The van der Waals surface area contributed by atoms with Gasteiger partial charge in [-0.05, 0) is 16.9 Å². The van der Waals surface area contributed by atoms with Crippen molar-refractivity contribution in [3.63, 3.8) is 0 Å². The number of hydrogen-bond acceptors (Lipinski definition) is 2. The van der Waals surface area contributed by atoms with Gasteiger partial charge in [0.05, 0.1) is 0 Å². The predicted octanol–water partition coefficient (Wildman–Crippen LogP) is 3.23. The molecular formula is C10H15IN2. The van der Waals surface area contributed by atoms with Crippen LogP contribution in [0, 0.1) is 9.25 Å². The van der Waals surface area contributed by atoms with Crippen molar-refractivity contribution in [2.45, 2.75) is 33.6 Å². The normalized spacial score (nSPS) is 14.2. The minimum absolute atomic E-state index is 0.274. The molecule has 1 rings (SSSR count). The van der Waals surface area contributed by atoms with Gasteiger partial charge in [0.25, 0.3) is 0 Å². The largest absolute Gasteiger partial charge is 0.231 e. The van der Waals surface area contributed by atoms with E-state index in [1.54, 1.807) is 0 Å². The summed E-state index contributed by atoms with van der Waals surface area (Å²) >= 11 is 2.12. The lowest BCUT2D eigenvalue weighted by atomic mass is 9.79. The van der Waals surface area contributed by atoms with Gasteiger partial charge in [-0.25, -0.2) is 9.97 Å². The van der Waals surface area contributed by atoms with Crippen LogP contribution < -0.4 is 0 Å². The molecule has 3 heteroatoms. The van der Waals surface area contributed by atoms with Crippen LogP contribution in [-0.2, 0) is 0 Å². The molecule has 1 unspecified atom stereocenters. The third-order valence-corrected chi connectivity index (χ3v) is 3.00. The summed E-state index contributed by atoms with van der Waals surface area (Å²) in [7, 11) is 0. The Kier molecular flexibility index (Phi) is 3.27. The van der Waals surface area contributed by atoms with Crippen LogP contribution >= 0.6 is 22.6 Å². The van der Waals surface area contributed by atoms with Crippen LogP contribution in [0.2, 0.25) is 0 Å². The molecule has 13 heavy (non-hydrogen) atoms. The average molecular weight is 290 g/mol. The SMILES string of the molecule is CC(c1cnc(I)nc1)C(C)(C)C. The summed E-state index contributed by atoms with van der Waals surface area (Å²) in [5, 5.41) is 0. The van der Waals surface area contributed by atoms with E-state index in [-0.39, 0.29) is 5.41 Å². The maximum atomic E-state index is 4.19. The van der Waals surface area contributed by atoms with Crippen molar-refractivity contribution in [3.05, 3.63) is 21.8 Å². The summed E-state index contributed by atoms with van der Waals surface area (Å²) in [5.41, 5.74) is 1.49. The van der Waals surface area contributed by atoms with Crippen LogP contribution in [0.3, 0.4) is 0 Å². The molecule has 0 fully saturated rings. The first-order valence-electron chi connectivity index (χ1n) is 4.38. The van der Waals surface area contributed by atoms with Gasteiger partial charge in [-0.3, -0.25) is 0 Å². The van der Waals surface area contributed by atoms with Crippen molar-refractivity contribution in [1.29, 1.82) is 0 Å². The summed E-state index contributed by atoms with van der Waals surface area (Å²) in [6, 6.07) is 0. The molecule has 0 N–H and O–H groups in total. The van der Waals surface area contributed by atoms with Crippen LogP contribution in [-0.4, -0.2) is 9.97 Å². The van der Waals surface area contributed by atoms with Crippen LogP contribution in [0.5, 0.6) is 0 Å². The van der Waals surface area contributed by atoms with Gasteiger partial charge in [-0.1, -0.05) is 27.7 Å². The Morgan fingerprint density at radius 3 is 2.08 bits per heavy atom. The molecule has 0 radical (unpaired) electrons. The molecular weight excluding hydrogens is 275 g/mol. The van der Waals surface area contributed by atoms with E-state index in [4.69, 9.17) is 0 Å². The number of rotatable bonds is 1. The highest BCUT2D eigenvalue weighted by Crippen LogP contribution is 2.33. The Balaban J connectivity index is 2.90. The number of hydrogen-bond donors (Lipinski definition) is 0. The Morgan fingerprint density at radius 2 is 1.69 bits per heavy atom. The van der Waals surface area contributed by atoms with Crippen LogP contribution in [0.15, 0.2) is 12.4 Å². The summed E-state index contributed by atoms with van der Waals surface area (Å²) in [4.78, 5) is 8.38. The highest BCUT2D eigenvalue weighted by molar-refractivity contribution is 14.1. The number of nitrogens with zero attached hydrogens (tertiary/aromatic N) is 2. The van der Waals surface area contributed by atoms with Crippen molar-refractivity contribution >= 4 is 22.6 Å².